The van der Waals surface area contributed by atoms with Gasteiger partial charge in [-0.2, -0.15) is 0 Å². The van der Waals surface area contributed by atoms with Crippen LogP contribution in [0, 0.1) is 11.7 Å². The van der Waals surface area contributed by atoms with Crippen molar-refractivity contribution in [2.24, 2.45) is 5.92 Å². The molecular weight excluding hydrogens is 277 g/mol. The minimum absolute atomic E-state index is 0.0367. The van der Waals surface area contributed by atoms with Crippen LogP contribution < -0.4 is 5.32 Å². The Labute approximate surface area is 122 Å². The maximum absolute atomic E-state index is 13.7. The van der Waals surface area contributed by atoms with E-state index in [9.17, 15) is 19.1 Å². The molecule has 1 aliphatic rings. The van der Waals surface area contributed by atoms with E-state index in [0.717, 1.165) is 12.8 Å². The van der Waals surface area contributed by atoms with E-state index in [-0.39, 0.29) is 23.8 Å². The molecule has 1 aromatic rings. The Kier molecular flexibility index (Phi) is 5.27. The van der Waals surface area contributed by atoms with Crippen LogP contribution in [0.4, 0.5) is 4.39 Å². The van der Waals surface area contributed by atoms with Gasteiger partial charge in [-0.1, -0.05) is 18.2 Å². The number of carbonyl (C=O) groups excluding carboxylic acids is 1. The normalized spacial score (nSPS) is 17.2. The van der Waals surface area contributed by atoms with E-state index in [0.29, 0.717) is 13.2 Å². The molecule has 1 amide bonds. The van der Waals surface area contributed by atoms with E-state index < -0.39 is 17.8 Å². The molecule has 2 rings (SSSR count). The first-order chi connectivity index (χ1) is 10.1. The Bertz CT molecular complexity index is 514. The summed E-state index contributed by atoms with van der Waals surface area (Å²) in [6, 6.07) is 4.19. The van der Waals surface area contributed by atoms with E-state index in [1.54, 1.807) is 6.07 Å². The van der Waals surface area contributed by atoms with Crippen molar-refractivity contribution in [3.05, 3.63) is 35.6 Å². The second-order valence-corrected chi connectivity index (χ2v) is 5.12. The van der Waals surface area contributed by atoms with E-state index in [1.165, 1.54) is 18.2 Å². The highest BCUT2D eigenvalue weighted by Gasteiger charge is 2.26. The van der Waals surface area contributed by atoms with Crippen molar-refractivity contribution in [1.29, 1.82) is 0 Å². The molecule has 5 nitrogen and oxygen atoms in total. The van der Waals surface area contributed by atoms with E-state index >= 15 is 0 Å². The summed E-state index contributed by atoms with van der Waals surface area (Å²) in [5.74, 6) is -2.11. The smallest absolute Gasteiger partial charge is 0.331 e. The quantitative estimate of drug-likeness (QED) is 0.869. The number of benzene rings is 1. The third kappa shape index (κ3) is 4.26. The lowest BCUT2D eigenvalue weighted by Gasteiger charge is -2.22. The van der Waals surface area contributed by atoms with Gasteiger partial charge in [-0.15, -0.1) is 0 Å². The molecule has 6 heteroatoms. The summed E-state index contributed by atoms with van der Waals surface area (Å²) < 4.78 is 18.9. The maximum Gasteiger partial charge on any atom is 0.331 e. The molecular formula is C15H18FNO4. The fourth-order valence-corrected chi connectivity index (χ4v) is 2.41. The van der Waals surface area contributed by atoms with Crippen LogP contribution in [0.2, 0.25) is 0 Å². The molecule has 0 aliphatic carbocycles. The Morgan fingerprint density at radius 1 is 1.33 bits per heavy atom. The van der Waals surface area contributed by atoms with E-state index in [1.807, 2.05) is 0 Å². The van der Waals surface area contributed by atoms with Crippen molar-refractivity contribution >= 4 is 11.9 Å². The standard InChI is InChI=1S/C15H18FNO4/c16-12-4-2-1-3-11(12)14(15(19)20)17-13(18)9-10-5-7-21-8-6-10/h1-4,10,14H,5-9H2,(H,17,18)(H,19,20). The molecule has 114 valence electrons. The average Bonchev–Trinajstić information content (AvgIpc) is 2.46. The van der Waals surface area contributed by atoms with Gasteiger partial charge in [-0.25, -0.2) is 9.18 Å². The lowest BCUT2D eigenvalue weighted by Crippen LogP contribution is -2.35. The lowest BCUT2D eigenvalue weighted by molar-refractivity contribution is -0.142. The van der Waals surface area contributed by atoms with Crippen molar-refractivity contribution in [2.45, 2.75) is 25.3 Å². The summed E-state index contributed by atoms with van der Waals surface area (Å²) >= 11 is 0. The second-order valence-electron chi connectivity index (χ2n) is 5.12. The lowest BCUT2D eigenvalue weighted by atomic mass is 9.96. The Balaban J connectivity index is 2.01. The number of carboxylic acids is 1. The molecule has 1 unspecified atom stereocenters. The highest BCUT2D eigenvalue weighted by atomic mass is 19.1. The SMILES string of the molecule is O=C(CC1CCOCC1)NC(C(=O)O)c1ccccc1F. The van der Waals surface area contributed by atoms with Crippen molar-refractivity contribution in [3.8, 4) is 0 Å². The summed E-state index contributed by atoms with van der Waals surface area (Å²) in [5, 5.41) is 11.6. The number of aliphatic carboxylic acids is 1. The number of amides is 1. The molecule has 1 atom stereocenters. The molecule has 1 aromatic carbocycles. The average molecular weight is 295 g/mol. The van der Waals surface area contributed by atoms with Gasteiger partial charge in [-0.05, 0) is 24.8 Å². The molecule has 1 fully saturated rings. The van der Waals surface area contributed by atoms with E-state index in [4.69, 9.17) is 4.74 Å². The monoisotopic (exact) mass is 295 g/mol. The number of rotatable bonds is 5. The first-order valence-corrected chi connectivity index (χ1v) is 6.92. The predicted molar refractivity (Wildman–Crippen MR) is 73.1 cm³/mol. The van der Waals surface area contributed by atoms with Crippen LogP contribution in [0.1, 0.15) is 30.9 Å². The Hall–Kier alpha value is -1.95. The van der Waals surface area contributed by atoms with Gasteiger partial charge in [0, 0.05) is 25.2 Å². The van der Waals surface area contributed by atoms with Crippen LogP contribution in [0.15, 0.2) is 24.3 Å². The van der Waals surface area contributed by atoms with Crippen molar-refractivity contribution in [1.82, 2.24) is 5.32 Å². The molecule has 0 saturated carbocycles. The largest absolute Gasteiger partial charge is 0.479 e. The first-order valence-electron chi connectivity index (χ1n) is 6.92. The zero-order chi connectivity index (χ0) is 15.2. The molecule has 2 N–H and O–H groups in total. The first kappa shape index (κ1) is 15.4. The summed E-state index contributed by atoms with van der Waals surface area (Å²) in [4.78, 5) is 23.3. The van der Waals surface area contributed by atoms with Crippen LogP contribution in [-0.2, 0) is 14.3 Å². The predicted octanol–water partition coefficient (Wildman–Crippen LogP) is 1.88. The van der Waals surface area contributed by atoms with Crippen molar-refractivity contribution < 1.29 is 23.8 Å². The number of carbonyl (C=O) groups is 2. The second kappa shape index (κ2) is 7.17. The topological polar surface area (TPSA) is 75.6 Å². The molecule has 1 saturated heterocycles. The third-order valence-electron chi connectivity index (χ3n) is 3.58. The Morgan fingerprint density at radius 2 is 2.00 bits per heavy atom. The van der Waals surface area contributed by atoms with Crippen LogP contribution in [-0.4, -0.2) is 30.2 Å². The summed E-state index contributed by atoms with van der Waals surface area (Å²) in [6.07, 6.45) is 1.80. The van der Waals surface area contributed by atoms with Gasteiger partial charge in [-0.3, -0.25) is 4.79 Å². The van der Waals surface area contributed by atoms with Crippen molar-refractivity contribution in [3.63, 3.8) is 0 Å². The number of ether oxygens (including phenoxy) is 1. The molecule has 0 spiro atoms. The maximum atomic E-state index is 13.7. The zero-order valence-corrected chi connectivity index (χ0v) is 11.5. The minimum atomic E-state index is -1.36. The van der Waals surface area contributed by atoms with Gasteiger partial charge in [0.05, 0.1) is 0 Å². The summed E-state index contributed by atoms with van der Waals surface area (Å²) in [6.45, 7) is 1.24. The fourth-order valence-electron chi connectivity index (χ4n) is 2.41. The fraction of sp³-hybridized carbons (Fsp3) is 0.467. The number of halogens is 1. The number of hydrogen-bond acceptors (Lipinski definition) is 3. The van der Waals surface area contributed by atoms with Gasteiger partial charge in [0.15, 0.2) is 6.04 Å². The third-order valence-corrected chi connectivity index (χ3v) is 3.58. The number of hydrogen-bond donors (Lipinski definition) is 2. The van der Waals surface area contributed by atoms with Gasteiger partial charge in [0.2, 0.25) is 5.91 Å². The number of nitrogens with one attached hydrogen (secondary N) is 1. The molecule has 1 aliphatic heterocycles. The van der Waals surface area contributed by atoms with Crippen LogP contribution in [0.3, 0.4) is 0 Å². The van der Waals surface area contributed by atoms with E-state index in [2.05, 4.69) is 5.32 Å². The molecule has 0 bridgehead atoms. The number of carboxylic acid groups (broad SMARTS) is 1. The highest BCUT2D eigenvalue weighted by Crippen LogP contribution is 2.21. The van der Waals surface area contributed by atoms with Gasteiger partial charge >= 0.3 is 5.97 Å². The summed E-state index contributed by atoms with van der Waals surface area (Å²) in [5.41, 5.74) is -0.0367. The van der Waals surface area contributed by atoms with Gasteiger partial charge in [0.25, 0.3) is 0 Å². The molecule has 21 heavy (non-hydrogen) atoms. The van der Waals surface area contributed by atoms with Crippen LogP contribution in [0.25, 0.3) is 0 Å². The molecule has 0 radical (unpaired) electrons. The van der Waals surface area contributed by atoms with Gasteiger partial charge in [0.1, 0.15) is 5.82 Å². The van der Waals surface area contributed by atoms with Crippen LogP contribution >= 0.6 is 0 Å². The van der Waals surface area contributed by atoms with Crippen LogP contribution in [0.5, 0.6) is 0 Å². The molecule has 1 heterocycles. The van der Waals surface area contributed by atoms with Gasteiger partial charge < -0.3 is 15.2 Å². The highest BCUT2D eigenvalue weighted by molar-refractivity contribution is 5.84. The minimum Gasteiger partial charge on any atom is -0.479 e. The molecule has 0 aromatic heterocycles. The summed E-state index contributed by atoms with van der Waals surface area (Å²) in [7, 11) is 0. The zero-order valence-electron chi connectivity index (χ0n) is 11.5. The Morgan fingerprint density at radius 3 is 2.62 bits per heavy atom. The van der Waals surface area contributed by atoms with Crippen molar-refractivity contribution in [2.75, 3.05) is 13.2 Å².